The summed E-state index contributed by atoms with van der Waals surface area (Å²) in [6.45, 7) is 0.0872. The van der Waals surface area contributed by atoms with E-state index in [1.807, 2.05) is 0 Å². The molecule has 1 aliphatic heterocycles. The van der Waals surface area contributed by atoms with Crippen molar-refractivity contribution in [2.45, 2.75) is 6.61 Å². The Balaban J connectivity index is 1.59. The van der Waals surface area contributed by atoms with E-state index in [9.17, 15) is 14.0 Å². The maximum absolute atomic E-state index is 13.4. The number of nitrogens with zero attached hydrogens (tertiary/aromatic N) is 1. The number of benzene rings is 3. The van der Waals surface area contributed by atoms with Crippen molar-refractivity contribution in [3.8, 4) is 11.5 Å². The molecule has 5 nitrogen and oxygen atoms in total. The Morgan fingerprint density at radius 1 is 1.03 bits per heavy atom. The van der Waals surface area contributed by atoms with Gasteiger partial charge in [-0.05, 0) is 65.4 Å². The molecule has 1 aliphatic rings. The highest BCUT2D eigenvalue weighted by molar-refractivity contribution is 8.19. The largest absolute Gasteiger partial charge is 0.493 e. The molecule has 0 radical (unpaired) electrons. The van der Waals surface area contributed by atoms with Crippen LogP contribution >= 0.6 is 35.0 Å². The summed E-state index contributed by atoms with van der Waals surface area (Å²) in [5, 5.41) is 0.0837. The van der Waals surface area contributed by atoms with Crippen LogP contribution in [-0.4, -0.2) is 18.3 Å². The minimum absolute atomic E-state index is 0.0872. The van der Waals surface area contributed by atoms with Crippen LogP contribution in [0.1, 0.15) is 11.1 Å². The fourth-order valence-electron chi connectivity index (χ4n) is 3.21. The van der Waals surface area contributed by atoms with Gasteiger partial charge in [0.25, 0.3) is 11.1 Å². The third-order valence-corrected chi connectivity index (χ3v) is 6.18. The van der Waals surface area contributed by atoms with Gasteiger partial charge in [-0.25, -0.2) is 9.29 Å². The molecule has 1 heterocycles. The Kier molecular flexibility index (Phi) is 6.93. The lowest BCUT2D eigenvalue weighted by Gasteiger charge is -2.14. The van der Waals surface area contributed by atoms with Gasteiger partial charge in [0, 0.05) is 0 Å². The van der Waals surface area contributed by atoms with Crippen LogP contribution in [-0.2, 0) is 11.4 Å². The number of anilines is 1. The van der Waals surface area contributed by atoms with E-state index < -0.39 is 11.1 Å². The van der Waals surface area contributed by atoms with Gasteiger partial charge in [0.1, 0.15) is 12.4 Å². The first-order chi connectivity index (χ1) is 15.9. The summed E-state index contributed by atoms with van der Waals surface area (Å²) in [6, 6.07) is 15.9. The normalized spacial score (nSPS) is 14.8. The van der Waals surface area contributed by atoms with Crippen LogP contribution in [0.5, 0.6) is 11.5 Å². The van der Waals surface area contributed by atoms with Crippen LogP contribution in [0.3, 0.4) is 0 Å². The van der Waals surface area contributed by atoms with Crippen molar-refractivity contribution in [1.82, 2.24) is 0 Å². The van der Waals surface area contributed by atoms with E-state index in [0.29, 0.717) is 27.6 Å². The molecule has 0 N–H and O–H groups in total. The van der Waals surface area contributed by atoms with Crippen LogP contribution < -0.4 is 14.4 Å². The maximum Gasteiger partial charge on any atom is 0.298 e. The van der Waals surface area contributed by atoms with Gasteiger partial charge in [-0.2, -0.15) is 0 Å². The SMILES string of the molecule is COc1cc(/C=C2\SC(=O)N(c3ccccc3Cl)C2=O)cc(Cl)c1OCc1cccc(F)c1. The Morgan fingerprint density at radius 2 is 1.82 bits per heavy atom. The molecule has 0 spiro atoms. The van der Waals surface area contributed by atoms with Gasteiger partial charge in [-0.15, -0.1) is 0 Å². The zero-order valence-electron chi connectivity index (χ0n) is 17.2. The summed E-state index contributed by atoms with van der Waals surface area (Å²) in [7, 11) is 1.45. The average Bonchev–Trinajstić information content (AvgIpc) is 3.06. The average molecular weight is 504 g/mol. The molecule has 0 aromatic heterocycles. The topological polar surface area (TPSA) is 55.8 Å². The number of methoxy groups -OCH3 is 1. The zero-order chi connectivity index (χ0) is 23.5. The molecular weight excluding hydrogens is 488 g/mol. The van der Waals surface area contributed by atoms with Crippen LogP contribution in [0.2, 0.25) is 10.0 Å². The monoisotopic (exact) mass is 503 g/mol. The first-order valence-corrected chi connectivity index (χ1v) is 11.2. The van der Waals surface area contributed by atoms with Crippen molar-refractivity contribution < 1.29 is 23.5 Å². The second-order valence-corrected chi connectivity index (χ2v) is 8.73. The van der Waals surface area contributed by atoms with Gasteiger partial charge in [-0.1, -0.05) is 47.5 Å². The summed E-state index contributed by atoms with van der Waals surface area (Å²) in [5.74, 6) is -0.241. The standard InChI is InChI=1S/C24H16Cl2FNO4S/c1-31-20-11-15(10-18(26)22(20)32-13-14-5-4-6-16(27)9-14)12-21-23(29)28(24(30)33-21)19-8-3-2-7-17(19)25/h2-12H,13H2,1H3/b21-12-. The summed E-state index contributed by atoms with van der Waals surface area (Å²) in [6.07, 6.45) is 1.55. The van der Waals surface area contributed by atoms with Crippen LogP contribution in [0.25, 0.3) is 6.08 Å². The molecule has 1 saturated heterocycles. The molecule has 2 amide bonds. The number of ether oxygens (including phenoxy) is 2. The molecule has 33 heavy (non-hydrogen) atoms. The predicted molar refractivity (Wildman–Crippen MR) is 129 cm³/mol. The number of carbonyl (C=O) groups is 2. The molecule has 0 bridgehead atoms. The van der Waals surface area contributed by atoms with E-state index in [1.54, 1.807) is 54.6 Å². The Morgan fingerprint density at radius 3 is 2.55 bits per heavy atom. The van der Waals surface area contributed by atoms with Gasteiger partial charge >= 0.3 is 0 Å². The third-order valence-electron chi connectivity index (χ3n) is 4.71. The van der Waals surface area contributed by atoms with Crippen LogP contribution in [0.4, 0.5) is 14.9 Å². The van der Waals surface area contributed by atoms with Gasteiger partial charge in [0.05, 0.1) is 27.7 Å². The fraction of sp³-hybridized carbons (Fsp3) is 0.0833. The number of carbonyl (C=O) groups excluding carboxylic acids is 2. The third kappa shape index (κ3) is 5.00. The minimum atomic E-state index is -0.486. The number of imide groups is 1. The van der Waals surface area contributed by atoms with Crippen LogP contribution in [0, 0.1) is 5.82 Å². The summed E-state index contributed by atoms with van der Waals surface area (Å²) in [4.78, 5) is 26.7. The summed E-state index contributed by atoms with van der Waals surface area (Å²) in [5.41, 5.74) is 1.49. The Labute approximate surface area is 203 Å². The number of hydrogen-bond acceptors (Lipinski definition) is 5. The fourth-order valence-corrected chi connectivity index (χ4v) is 4.53. The molecule has 1 fully saturated rings. The van der Waals surface area contributed by atoms with E-state index in [-0.39, 0.29) is 28.1 Å². The lowest BCUT2D eigenvalue weighted by molar-refractivity contribution is -0.113. The van der Waals surface area contributed by atoms with Gasteiger partial charge in [0.15, 0.2) is 11.5 Å². The molecule has 0 atom stereocenters. The molecule has 3 aromatic carbocycles. The highest BCUT2D eigenvalue weighted by Gasteiger charge is 2.37. The second-order valence-electron chi connectivity index (χ2n) is 6.92. The van der Waals surface area contributed by atoms with E-state index in [1.165, 1.54) is 19.2 Å². The number of para-hydroxylation sites is 1. The maximum atomic E-state index is 13.4. The van der Waals surface area contributed by atoms with E-state index in [2.05, 4.69) is 0 Å². The quantitative estimate of drug-likeness (QED) is 0.340. The molecule has 0 saturated carbocycles. The number of rotatable bonds is 6. The highest BCUT2D eigenvalue weighted by atomic mass is 35.5. The molecule has 9 heteroatoms. The first kappa shape index (κ1) is 23.2. The molecule has 3 aromatic rings. The Hall–Kier alpha value is -3.00. The minimum Gasteiger partial charge on any atom is -0.493 e. The van der Waals surface area contributed by atoms with Gasteiger partial charge in [0.2, 0.25) is 0 Å². The predicted octanol–water partition coefficient (Wildman–Crippen LogP) is 6.96. The number of amides is 2. The van der Waals surface area contributed by atoms with Gasteiger partial charge < -0.3 is 9.47 Å². The van der Waals surface area contributed by atoms with Crippen LogP contribution in [0.15, 0.2) is 65.6 Å². The number of halogens is 3. The molecule has 4 rings (SSSR count). The lowest BCUT2D eigenvalue weighted by Crippen LogP contribution is -2.27. The molecule has 0 aliphatic carbocycles. The Bertz CT molecular complexity index is 1280. The van der Waals surface area contributed by atoms with Crippen molar-refractivity contribution in [2.75, 3.05) is 12.0 Å². The molecule has 168 valence electrons. The summed E-state index contributed by atoms with van der Waals surface area (Å²) < 4.78 is 24.6. The molecule has 0 unspecified atom stereocenters. The smallest absolute Gasteiger partial charge is 0.298 e. The first-order valence-electron chi connectivity index (χ1n) is 9.64. The summed E-state index contributed by atoms with van der Waals surface area (Å²) >= 11 is 13.4. The van der Waals surface area contributed by atoms with Crippen molar-refractivity contribution >= 4 is 57.9 Å². The second kappa shape index (κ2) is 9.87. The van der Waals surface area contributed by atoms with Crippen molar-refractivity contribution in [2.24, 2.45) is 0 Å². The highest BCUT2D eigenvalue weighted by Crippen LogP contribution is 2.41. The zero-order valence-corrected chi connectivity index (χ0v) is 19.5. The van der Waals surface area contributed by atoms with Crippen molar-refractivity contribution in [3.63, 3.8) is 0 Å². The molecular formula is C24H16Cl2FNO4S. The lowest BCUT2D eigenvalue weighted by atomic mass is 10.1. The van der Waals surface area contributed by atoms with E-state index in [0.717, 1.165) is 16.7 Å². The van der Waals surface area contributed by atoms with E-state index >= 15 is 0 Å². The van der Waals surface area contributed by atoms with E-state index in [4.69, 9.17) is 32.7 Å². The number of hydrogen-bond donors (Lipinski definition) is 0. The van der Waals surface area contributed by atoms with Gasteiger partial charge in [-0.3, -0.25) is 9.59 Å². The number of thioether (sulfide) groups is 1. The van der Waals surface area contributed by atoms with Crippen molar-refractivity contribution in [1.29, 1.82) is 0 Å². The van der Waals surface area contributed by atoms with Crippen molar-refractivity contribution in [3.05, 3.63) is 92.6 Å².